The summed E-state index contributed by atoms with van der Waals surface area (Å²) in [7, 11) is 1.64. The van der Waals surface area contributed by atoms with Crippen molar-refractivity contribution >= 4 is 29.3 Å². The minimum absolute atomic E-state index is 0.0196. The van der Waals surface area contributed by atoms with Gasteiger partial charge in [0.15, 0.2) is 5.16 Å². The molecule has 27 heavy (non-hydrogen) atoms. The molecule has 1 aliphatic rings. The van der Waals surface area contributed by atoms with Crippen molar-refractivity contribution in [2.45, 2.75) is 44.3 Å². The molecule has 2 amide bonds. The first-order chi connectivity index (χ1) is 13.0. The SMILES string of the molecule is CCc1ccccc1NC(=O)CN(C)C(=O)CSc1nnc(C)n1C1CC1. The molecule has 1 aromatic carbocycles. The van der Waals surface area contributed by atoms with E-state index in [0.717, 1.165) is 41.5 Å². The highest BCUT2D eigenvalue weighted by Crippen LogP contribution is 2.38. The molecule has 8 heteroatoms. The van der Waals surface area contributed by atoms with Gasteiger partial charge in [0.2, 0.25) is 11.8 Å². The number of hydrogen-bond donors (Lipinski definition) is 1. The van der Waals surface area contributed by atoms with Gasteiger partial charge in [0, 0.05) is 18.8 Å². The first kappa shape index (κ1) is 19.4. The Kier molecular flexibility index (Phi) is 6.15. The smallest absolute Gasteiger partial charge is 0.243 e. The van der Waals surface area contributed by atoms with Crippen LogP contribution in [-0.2, 0) is 16.0 Å². The average Bonchev–Trinajstić information content (AvgIpc) is 3.42. The monoisotopic (exact) mass is 387 g/mol. The van der Waals surface area contributed by atoms with E-state index in [0.29, 0.717) is 6.04 Å². The Balaban J connectivity index is 1.51. The van der Waals surface area contributed by atoms with E-state index in [1.54, 1.807) is 7.05 Å². The second-order valence-electron chi connectivity index (χ2n) is 6.73. The number of carbonyl (C=O) groups is 2. The summed E-state index contributed by atoms with van der Waals surface area (Å²) in [6, 6.07) is 8.17. The van der Waals surface area contributed by atoms with Gasteiger partial charge in [0.25, 0.3) is 0 Å². The number of aryl methyl sites for hydroxylation is 2. The van der Waals surface area contributed by atoms with Gasteiger partial charge in [-0.1, -0.05) is 36.9 Å². The van der Waals surface area contributed by atoms with Crippen LogP contribution >= 0.6 is 11.8 Å². The quantitative estimate of drug-likeness (QED) is 0.705. The summed E-state index contributed by atoms with van der Waals surface area (Å²) < 4.78 is 2.10. The number of anilines is 1. The van der Waals surface area contributed by atoms with E-state index in [-0.39, 0.29) is 24.1 Å². The number of carbonyl (C=O) groups excluding carboxylic acids is 2. The van der Waals surface area contributed by atoms with Crippen molar-refractivity contribution in [3.8, 4) is 0 Å². The maximum Gasteiger partial charge on any atom is 0.243 e. The van der Waals surface area contributed by atoms with E-state index >= 15 is 0 Å². The summed E-state index contributed by atoms with van der Waals surface area (Å²) in [5, 5.41) is 12.0. The molecule has 1 fully saturated rings. The van der Waals surface area contributed by atoms with Crippen molar-refractivity contribution in [1.82, 2.24) is 19.7 Å². The van der Waals surface area contributed by atoms with Crippen molar-refractivity contribution in [1.29, 1.82) is 0 Å². The number of rotatable bonds is 8. The average molecular weight is 388 g/mol. The van der Waals surface area contributed by atoms with Crippen molar-refractivity contribution in [2.75, 3.05) is 24.7 Å². The molecule has 0 aliphatic heterocycles. The number of amides is 2. The number of aromatic nitrogens is 3. The summed E-state index contributed by atoms with van der Waals surface area (Å²) >= 11 is 1.38. The van der Waals surface area contributed by atoms with Crippen LogP contribution in [0.4, 0.5) is 5.69 Å². The molecule has 0 atom stereocenters. The van der Waals surface area contributed by atoms with Crippen LogP contribution in [0.3, 0.4) is 0 Å². The number of hydrogen-bond acceptors (Lipinski definition) is 5. The molecule has 1 aromatic heterocycles. The minimum atomic E-state index is -0.200. The van der Waals surface area contributed by atoms with E-state index in [9.17, 15) is 9.59 Å². The largest absolute Gasteiger partial charge is 0.336 e. The van der Waals surface area contributed by atoms with E-state index in [2.05, 4.69) is 20.1 Å². The molecule has 0 unspecified atom stereocenters. The Bertz CT molecular complexity index is 831. The highest BCUT2D eigenvalue weighted by molar-refractivity contribution is 7.99. The molecule has 7 nitrogen and oxygen atoms in total. The lowest BCUT2D eigenvalue weighted by Gasteiger charge is -2.17. The van der Waals surface area contributed by atoms with E-state index in [1.165, 1.54) is 16.7 Å². The lowest BCUT2D eigenvalue weighted by molar-refractivity contribution is -0.131. The van der Waals surface area contributed by atoms with Gasteiger partial charge < -0.3 is 14.8 Å². The number of nitrogens with zero attached hydrogens (tertiary/aromatic N) is 4. The third kappa shape index (κ3) is 4.88. The second-order valence-corrected chi connectivity index (χ2v) is 7.67. The molecule has 3 rings (SSSR count). The summed E-state index contributed by atoms with van der Waals surface area (Å²) in [5.41, 5.74) is 1.87. The van der Waals surface area contributed by atoms with Crippen LogP contribution in [-0.4, -0.2) is 50.8 Å². The minimum Gasteiger partial charge on any atom is -0.336 e. The van der Waals surface area contributed by atoms with Crippen LogP contribution in [0.2, 0.25) is 0 Å². The van der Waals surface area contributed by atoms with Crippen molar-refractivity contribution in [2.24, 2.45) is 0 Å². The first-order valence-electron chi connectivity index (χ1n) is 9.15. The third-order valence-corrected chi connectivity index (χ3v) is 5.48. The van der Waals surface area contributed by atoms with Crippen LogP contribution in [0, 0.1) is 6.92 Å². The van der Waals surface area contributed by atoms with Gasteiger partial charge in [-0.25, -0.2) is 0 Å². The number of benzene rings is 1. The Hall–Kier alpha value is -2.35. The zero-order valence-corrected chi connectivity index (χ0v) is 16.8. The summed E-state index contributed by atoms with van der Waals surface area (Å²) in [5.74, 6) is 0.811. The number of para-hydroxylation sites is 1. The summed E-state index contributed by atoms with van der Waals surface area (Å²) in [4.78, 5) is 26.1. The summed E-state index contributed by atoms with van der Waals surface area (Å²) in [6.07, 6.45) is 3.11. The highest BCUT2D eigenvalue weighted by atomic mass is 32.2. The molecule has 1 heterocycles. The van der Waals surface area contributed by atoms with Gasteiger partial charge in [0.05, 0.1) is 12.3 Å². The van der Waals surface area contributed by atoms with Crippen molar-refractivity contribution in [3.63, 3.8) is 0 Å². The Morgan fingerprint density at radius 2 is 2.04 bits per heavy atom. The molecule has 0 radical (unpaired) electrons. The fourth-order valence-electron chi connectivity index (χ4n) is 2.88. The molecule has 1 N–H and O–H groups in total. The van der Waals surface area contributed by atoms with Gasteiger partial charge in [-0.15, -0.1) is 10.2 Å². The normalized spacial score (nSPS) is 13.4. The highest BCUT2D eigenvalue weighted by Gasteiger charge is 2.28. The molecular weight excluding hydrogens is 362 g/mol. The Morgan fingerprint density at radius 1 is 1.30 bits per heavy atom. The molecule has 0 saturated heterocycles. The van der Waals surface area contributed by atoms with Gasteiger partial charge in [0.1, 0.15) is 5.82 Å². The first-order valence-corrected chi connectivity index (χ1v) is 10.1. The topological polar surface area (TPSA) is 80.1 Å². The van der Waals surface area contributed by atoms with Crippen LogP contribution in [0.5, 0.6) is 0 Å². The van der Waals surface area contributed by atoms with Crippen LogP contribution < -0.4 is 5.32 Å². The Labute approximate surface area is 163 Å². The van der Waals surface area contributed by atoms with Gasteiger partial charge in [-0.2, -0.15) is 0 Å². The molecular formula is C19H25N5O2S. The predicted octanol–water partition coefficient (Wildman–Crippen LogP) is 2.67. The molecule has 1 saturated carbocycles. The lowest BCUT2D eigenvalue weighted by Crippen LogP contribution is -2.36. The molecule has 144 valence electrons. The standard InChI is InChI=1S/C19H25N5O2S/c1-4-14-7-5-6-8-16(14)20-17(25)11-23(3)18(26)12-27-19-22-21-13(2)24(19)15-9-10-15/h5-8,15H,4,9-12H2,1-3H3,(H,20,25). The van der Waals surface area contributed by atoms with Crippen molar-refractivity contribution < 1.29 is 9.59 Å². The van der Waals surface area contributed by atoms with E-state index < -0.39 is 0 Å². The van der Waals surface area contributed by atoms with E-state index in [4.69, 9.17) is 0 Å². The zero-order valence-electron chi connectivity index (χ0n) is 15.9. The maximum absolute atomic E-state index is 12.4. The molecule has 1 aliphatic carbocycles. The van der Waals surface area contributed by atoms with Crippen LogP contribution in [0.15, 0.2) is 29.4 Å². The molecule has 2 aromatic rings. The predicted molar refractivity (Wildman–Crippen MR) is 106 cm³/mol. The maximum atomic E-state index is 12.4. The fraction of sp³-hybridized carbons (Fsp3) is 0.474. The number of likely N-dealkylation sites (N-methyl/N-ethyl adjacent to an activating group) is 1. The second kappa shape index (κ2) is 8.56. The Morgan fingerprint density at radius 3 is 2.74 bits per heavy atom. The fourth-order valence-corrected chi connectivity index (χ4v) is 3.87. The lowest BCUT2D eigenvalue weighted by atomic mass is 10.1. The van der Waals surface area contributed by atoms with E-state index in [1.807, 2.05) is 38.1 Å². The van der Waals surface area contributed by atoms with Crippen LogP contribution in [0.25, 0.3) is 0 Å². The zero-order chi connectivity index (χ0) is 19.4. The number of thioether (sulfide) groups is 1. The van der Waals surface area contributed by atoms with Crippen molar-refractivity contribution in [3.05, 3.63) is 35.7 Å². The van der Waals surface area contributed by atoms with Crippen LogP contribution in [0.1, 0.15) is 37.2 Å². The molecule has 0 bridgehead atoms. The van der Waals surface area contributed by atoms with Gasteiger partial charge in [-0.05, 0) is 37.8 Å². The van der Waals surface area contributed by atoms with Gasteiger partial charge >= 0.3 is 0 Å². The summed E-state index contributed by atoms with van der Waals surface area (Å²) in [6.45, 7) is 3.99. The molecule has 0 spiro atoms. The van der Waals surface area contributed by atoms with Gasteiger partial charge in [-0.3, -0.25) is 9.59 Å². The number of nitrogens with one attached hydrogen (secondary N) is 1. The third-order valence-electron chi connectivity index (χ3n) is 4.55.